The van der Waals surface area contributed by atoms with E-state index in [9.17, 15) is 4.39 Å². The number of pyridine rings is 2. The van der Waals surface area contributed by atoms with Crippen LogP contribution in [0.15, 0.2) is 73.3 Å². The summed E-state index contributed by atoms with van der Waals surface area (Å²) in [5, 5.41) is 0. The lowest BCUT2D eigenvalue weighted by molar-refractivity contribution is -0.694. The third kappa shape index (κ3) is 2.82. The molecule has 0 aliphatic carbocycles. The molecule has 0 radical (unpaired) electrons. The maximum atomic E-state index is 14.1. The van der Waals surface area contributed by atoms with E-state index in [4.69, 9.17) is 0 Å². The fraction of sp³-hybridized carbons (Fsp3) is 0.111. The third-order valence-electron chi connectivity index (χ3n) is 3.53. The van der Waals surface area contributed by atoms with Gasteiger partial charge < -0.3 is 0 Å². The summed E-state index contributed by atoms with van der Waals surface area (Å²) in [6, 6.07) is 15.7. The Morgan fingerprint density at radius 2 is 1.62 bits per heavy atom. The second-order valence-corrected chi connectivity index (χ2v) is 4.87. The monoisotopic (exact) mass is 280 g/mol. The summed E-state index contributed by atoms with van der Waals surface area (Å²) in [6.45, 7) is 2.75. The van der Waals surface area contributed by atoms with Crippen LogP contribution in [0.5, 0.6) is 0 Å². The second kappa shape index (κ2) is 5.83. The summed E-state index contributed by atoms with van der Waals surface area (Å²) >= 11 is 0. The van der Waals surface area contributed by atoms with Gasteiger partial charge in [0.1, 0.15) is 6.54 Å². The number of halogens is 1. The summed E-state index contributed by atoms with van der Waals surface area (Å²) in [5.41, 5.74) is 2.59. The van der Waals surface area contributed by atoms with Crippen LogP contribution in [0.4, 0.5) is 4.39 Å². The van der Waals surface area contributed by atoms with Gasteiger partial charge in [-0.15, -0.1) is 0 Å². The van der Waals surface area contributed by atoms with Crippen molar-refractivity contribution in [2.45, 2.75) is 13.5 Å². The second-order valence-electron chi connectivity index (χ2n) is 4.87. The Hall–Kier alpha value is -2.55. The quantitative estimate of drug-likeness (QED) is 0.651. The van der Waals surface area contributed by atoms with Gasteiger partial charge in [0, 0.05) is 35.9 Å². The molecule has 1 aromatic carbocycles. The summed E-state index contributed by atoms with van der Waals surface area (Å²) in [7, 11) is 0. The summed E-state index contributed by atoms with van der Waals surface area (Å²) in [5.74, 6) is -0.197. The van der Waals surface area contributed by atoms with Crippen LogP contribution in [0.25, 0.3) is 16.8 Å². The maximum Gasteiger partial charge on any atom is 0.210 e. The molecule has 0 atom stereocenters. The number of rotatable bonds is 3. The molecule has 0 aliphatic heterocycles. The first-order chi connectivity index (χ1) is 10.3. The van der Waals surface area contributed by atoms with E-state index in [1.807, 2.05) is 83.2 Å². The maximum absolute atomic E-state index is 14.1. The van der Waals surface area contributed by atoms with Gasteiger partial charge in [0.15, 0.2) is 24.4 Å². The minimum absolute atomic E-state index is 0.197. The predicted octanol–water partition coefficient (Wildman–Crippen LogP) is 3.08. The number of hydrogen-bond acceptors (Lipinski definition) is 0. The van der Waals surface area contributed by atoms with Crippen molar-refractivity contribution < 1.29 is 13.5 Å². The Balaban J connectivity index is 1.94. The third-order valence-corrected chi connectivity index (χ3v) is 3.53. The first-order valence-electron chi connectivity index (χ1n) is 7.03. The summed E-state index contributed by atoms with van der Waals surface area (Å²) in [6.07, 6.45) is 7.33. The highest BCUT2D eigenvalue weighted by Gasteiger charge is 2.12. The average Bonchev–Trinajstić information content (AvgIpc) is 2.56. The van der Waals surface area contributed by atoms with Crippen molar-refractivity contribution in [2.75, 3.05) is 0 Å². The molecule has 2 nitrogen and oxygen atoms in total. The SMILES string of the molecule is CC[n+]1ccc(-c2cc[n+](-c3ccccc3)cc2)c(F)c1. The van der Waals surface area contributed by atoms with E-state index in [1.165, 1.54) is 6.20 Å². The van der Waals surface area contributed by atoms with Crippen LogP contribution in [0.2, 0.25) is 0 Å². The first kappa shape index (κ1) is 13.4. The molecule has 21 heavy (non-hydrogen) atoms. The van der Waals surface area contributed by atoms with Gasteiger partial charge in [-0.25, -0.2) is 4.57 Å². The Kier molecular flexibility index (Phi) is 3.73. The predicted molar refractivity (Wildman–Crippen MR) is 79.2 cm³/mol. The highest BCUT2D eigenvalue weighted by atomic mass is 19.1. The Labute approximate surface area is 123 Å². The minimum Gasteiger partial charge on any atom is -0.203 e. The van der Waals surface area contributed by atoms with Gasteiger partial charge in [-0.3, -0.25) is 0 Å². The van der Waals surface area contributed by atoms with Gasteiger partial charge in [-0.2, -0.15) is 8.96 Å². The molecular formula is C18H17FN2+2. The van der Waals surface area contributed by atoms with Gasteiger partial charge in [0.05, 0.1) is 0 Å². The molecule has 2 aromatic heterocycles. The van der Waals surface area contributed by atoms with Crippen molar-refractivity contribution in [2.24, 2.45) is 0 Å². The fourth-order valence-electron chi connectivity index (χ4n) is 2.32. The lowest BCUT2D eigenvalue weighted by atomic mass is 10.1. The van der Waals surface area contributed by atoms with Crippen molar-refractivity contribution >= 4 is 0 Å². The highest BCUT2D eigenvalue weighted by Crippen LogP contribution is 2.20. The molecule has 104 valence electrons. The molecule has 0 saturated heterocycles. The standard InChI is InChI=1S/C18H17FN2/c1-2-20-11-10-17(18(19)14-20)15-8-12-21(13-9-15)16-6-4-3-5-7-16/h3-14H,2H2,1H3/q+2. The number of nitrogens with zero attached hydrogens (tertiary/aromatic N) is 2. The molecule has 2 heterocycles. The molecule has 0 amide bonds. The van der Waals surface area contributed by atoms with Crippen LogP contribution < -0.4 is 9.13 Å². The van der Waals surface area contributed by atoms with Crippen LogP contribution in [0.3, 0.4) is 0 Å². The van der Waals surface area contributed by atoms with Crippen molar-refractivity contribution in [3.8, 4) is 16.8 Å². The fourth-order valence-corrected chi connectivity index (χ4v) is 2.32. The van der Waals surface area contributed by atoms with Crippen molar-refractivity contribution in [1.82, 2.24) is 0 Å². The van der Waals surface area contributed by atoms with E-state index in [0.717, 1.165) is 17.8 Å². The molecule has 0 unspecified atom stereocenters. The largest absolute Gasteiger partial charge is 0.210 e. The smallest absolute Gasteiger partial charge is 0.203 e. The van der Waals surface area contributed by atoms with Gasteiger partial charge in [-0.05, 0) is 12.5 Å². The van der Waals surface area contributed by atoms with Gasteiger partial charge in [0.25, 0.3) is 0 Å². The molecule has 0 N–H and O–H groups in total. The van der Waals surface area contributed by atoms with Crippen LogP contribution in [-0.2, 0) is 6.54 Å². The van der Waals surface area contributed by atoms with E-state index in [2.05, 4.69) is 0 Å². The molecule has 0 bridgehead atoms. The molecule has 3 aromatic rings. The molecule has 3 heteroatoms. The van der Waals surface area contributed by atoms with E-state index in [1.54, 1.807) is 0 Å². The van der Waals surface area contributed by atoms with Crippen LogP contribution in [0, 0.1) is 5.82 Å². The minimum atomic E-state index is -0.197. The number of aromatic nitrogens is 2. The number of aryl methyl sites for hydroxylation is 1. The lowest BCUT2D eigenvalue weighted by Gasteiger charge is -2.02. The molecule has 0 spiro atoms. The normalized spacial score (nSPS) is 10.6. The lowest BCUT2D eigenvalue weighted by Crippen LogP contribution is -2.31. The molecule has 0 aliphatic rings. The van der Waals surface area contributed by atoms with Crippen LogP contribution >= 0.6 is 0 Å². The molecule has 3 rings (SSSR count). The van der Waals surface area contributed by atoms with Crippen molar-refractivity contribution in [3.05, 3.63) is 79.1 Å². The van der Waals surface area contributed by atoms with Crippen molar-refractivity contribution in [1.29, 1.82) is 0 Å². The van der Waals surface area contributed by atoms with E-state index >= 15 is 0 Å². The summed E-state index contributed by atoms with van der Waals surface area (Å²) < 4.78 is 18.0. The highest BCUT2D eigenvalue weighted by molar-refractivity contribution is 5.61. The number of hydrogen-bond donors (Lipinski definition) is 0. The summed E-state index contributed by atoms with van der Waals surface area (Å²) in [4.78, 5) is 0. The topological polar surface area (TPSA) is 7.76 Å². The molecular weight excluding hydrogens is 263 g/mol. The zero-order valence-corrected chi connectivity index (χ0v) is 11.9. The van der Waals surface area contributed by atoms with E-state index < -0.39 is 0 Å². The Morgan fingerprint density at radius 1 is 0.905 bits per heavy atom. The number of benzene rings is 1. The molecule has 0 saturated carbocycles. The first-order valence-corrected chi connectivity index (χ1v) is 7.03. The van der Waals surface area contributed by atoms with Crippen LogP contribution in [-0.4, -0.2) is 0 Å². The van der Waals surface area contributed by atoms with Crippen LogP contribution in [0.1, 0.15) is 6.92 Å². The number of para-hydroxylation sites is 1. The zero-order chi connectivity index (χ0) is 14.7. The molecule has 0 fully saturated rings. The van der Waals surface area contributed by atoms with E-state index in [0.29, 0.717) is 5.56 Å². The Morgan fingerprint density at radius 3 is 2.24 bits per heavy atom. The zero-order valence-electron chi connectivity index (χ0n) is 11.9. The van der Waals surface area contributed by atoms with Crippen molar-refractivity contribution in [3.63, 3.8) is 0 Å². The van der Waals surface area contributed by atoms with Gasteiger partial charge >= 0.3 is 0 Å². The Bertz CT molecular complexity index is 737. The average molecular weight is 280 g/mol. The van der Waals surface area contributed by atoms with Gasteiger partial charge in [-0.1, -0.05) is 18.2 Å². The van der Waals surface area contributed by atoms with E-state index in [-0.39, 0.29) is 5.82 Å². The van der Waals surface area contributed by atoms with Gasteiger partial charge in [0.2, 0.25) is 11.9 Å².